The number of aromatic amines is 1. The highest BCUT2D eigenvalue weighted by molar-refractivity contribution is 5.67. The molecule has 1 aromatic rings. The predicted octanol–water partition coefficient (Wildman–Crippen LogP) is -1.83. The van der Waals surface area contributed by atoms with Gasteiger partial charge in [-0.1, -0.05) is 0 Å². The molecule has 1 amide bonds. The van der Waals surface area contributed by atoms with Crippen LogP contribution in [0.3, 0.4) is 0 Å². The van der Waals surface area contributed by atoms with Crippen molar-refractivity contribution in [3.8, 4) is 0 Å². The number of amides is 1. The molecule has 1 aliphatic rings. The molecule has 5 N–H and O–H groups in total. The lowest BCUT2D eigenvalue weighted by molar-refractivity contribution is -0.207. The second-order valence-electron chi connectivity index (χ2n) is 4.92. The Morgan fingerprint density at radius 2 is 2.39 bits per heavy atom. The number of H-pyrrole nitrogens is 1. The van der Waals surface area contributed by atoms with Gasteiger partial charge < -0.3 is 25.6 Å². The lowest BCUT2D eigenvalue weighted by Gasteiger charge is -2.23. The fourth-order valence-electron chi connectivity index (χ4n) is 2.06. The molecule has 10 nitrogen and oxygen atoms in total. The van der Waals surface area contributed by atoms with Crippen LogP contribution in [-0.4, -0.2) is 52.4 Å². The van der Waals surface area contributed by atoms with E-state index in [1.165, 1.54) is 0 Å². The minimum atomic E-state index is -2.67. The van der Waals surface area contributed by atoms with E-state index < -0.39 is 42.1 Å². The Morgan fingerprint density at radius 1 is 1.65 bits per heavy atom. The molecular formula is C12H17FN4O6. The van der Waals surface area contributed by atoms with Gasteiger partial charge in [0, 0.05) is 31.8 Å². The molecule has 11 heteroatoms. The van der Waals surface area contributed by atoms with Gasteiger partial charge in [0.25, 0.3) is 11.4 Å². The summed E-state index contributed by atoms with van der Waals surface area (Å²) in [5.41, 5.74) is 3.76. The third kappa shape index (κ3) is 3.94. The summed E-state index contributed by atoms with van der Waals surface area (Å²) in [6.45, 7) is -0.526. The lowest BCUT2D eigenvalue weighted by atomic mass is 10.1. The minimum Gasteiger partial charge on any atom is -0.443 e. The number of carbonyl (C=O) groups excluding carboxylic acids is 1. The van der Waals surface area contributed by atoms with E-state index in [2.05, 4.69) is 10.1 Å². The highest BCUT2D eigenvalue weighted by atomic mass is 19.2. The Kier molecular flexibility index (Phi) is 5.13. The van der Waals surface area contributed by atoms with Gasteiger partial charge in [0.1, 0.15) is 12.3 Å². The van der Waals surface area contributed by atoms with Crippen LogP contribution in [0.5, 0.6) is 0 Å². The number of aliphatic hydroxyl groups excluding tert-OH is 1. The number of aliphatic hydroxyl groups is 1. The maximum Gasteiger partial charge on any atom is 0.407 e. The first-order valence-electron chi connectivity index (χ1n) is 6.82. The highest BCUT2D eigenvalue weighted by Gasteiger charge is 2.51. The molecule has 2 rings (SSSR count). The van der Waals surface area contributed by atoms with E-state index in [-0.39, 0.29) is 19.5 Å². The van der Waals surface area contributed by atoms with Gasteiger partial charge in [-0.05, 0) is 0 Å². The number of nitrogens with one attached hydrogen (secondary N) is 2. The molecule has 0 aromatic carbocycles. The normalized spacial score (nSPS) is 26.9. The summed E-state index contributed by atoms with van der Waals surface area (Å²) in [5.74, 6) is -2.67. The molecule has 0 unspecified atom stereocenters. The van der Waals surface area contributed by atoms with E-state index in [1.807, 2.05) is 4.98 Å². The number of alkyl halides is 1. The van der Waals surface area contributed by atoms with Gasteiger partial charge in [-0.2, -0.15) is 0 Å². The van der Waals surface area contributed by atoms with Crippen molar-refractivity contribution in [2.24, 2.45) is 5.73 Å². The van der Waals surface area contributed by atoms with Crippen LogP contribution in [-0.2, 0) is 9.47 Å². The fraction of sp³-hybridized carbons (Fsp3) is 0.583. The second kappa shape index (κ2) is 6.89. The molecule has 1 saturated heterocycles. The molecule has 1 aliphatic heterocycles. The van der Waals surface area contributed by atoms with Crippen molar-refractivity contribution in [2.45, 2.75) is 24.6 Å². The Balaban J connectivity index is 2.03. The Bertz CT molecular complexity index is 676. The summed E-state index contributed by atoms with van der Waals surface area (Å²) in [4.78, 5) is 35.9. The first kappa shape index (κ1) is 17.1. The molecule has 23 heavy (non-hydrogen) atoms. The monoisotopic (exact) mass is 332 g/mol. The summed E-state index contributed by atoms with van der Waals surface area (Å²) in [6.07, 6.45) is -2.80. The summed E-state index contributed by atoms with van der Waals surface area (Å²) in [7, 11) is 0. The summed E-state index contributed by atoms with van der Waals surface area (Å²) < 4.78 is 25.1. The van der Waals surface area contributed by atoms with E-state index in [0.29, 0.717) is 0 Å². The number of aromatic nitrogens is 2. The standard InChI is InChI=1S/C12H17FN4O6/c13-12(6-22-11(21)15-3-2-14)7(18)5-9(23-12)17-4-1-8(19)16-10(17)20/h1,4,7,9,18H,2-3,5-6,14H2,(H,15,21)(H,16,19,20)/t7-,9+,12+/m0/s1. The maximum absolute atomic E-state index is 14.5. The van der Waals surface area contributed by atoms with Crippen LogP contribution in [0.4, 0.5) is 9.18 Å². The van der Waals surface area contributed by atoms with Gasteiger partial charge in [0.2, 0.25) is 0 Å². The molecule has 0 radical (unpaired) electrons. The molecule has 3 atom stereocenters. The average Bonchev–Trinajstić information content (AvgIpc) is 2.79. The zero-order valence-electron chi connectivity index (χ0n) is 12.0. The number of carbonyl (C=O) groups is 1. The number of nitrogens with two attached hydrogens (primary N) is 1. The zero-order chi connectivity index (χ0) is 17.0. The van der Waals surface area contributed by atoms with Crippen molar-refractivity contribution in [3.63, 3.8) is 0 Å². The molecule has 128 valence electrons. The van der Waals surface area contributed by atoms with Crippen molar-refractivity contribution >= 4 is 6.09 Å². The topological polar surface area (TPSA) is 149 Å². The summed E-state index contributed by atoms with van der Waals surface area (Å²) >= 11 is 0. The average molecular weight is 332 g/mol. The highest BCUT2D eigenvalue weighted by Crippen LogP contribution is 2.37. The predicted molar refractivity (Wildman–Crippen MR) is 74.3 cm³/mol. The second-order valence-corrected chi connectivity index (χ2v) is 4.92. The molecule has 0 bridgehead atoms. The van der Waals surface area contributed by atoms with Gasteiger partial charge in [0.15, 0.2) is 6.61 Å². The van der Waals surface area contributed by atoms with Gasteiger partial charge >= 0.3 is 11.8 Å². The van der Waals surface area contributed by atoms with E-state index in [4.69, 9.17) is 10.5 Å². The molecule has 0 aliphatic carbocycles. The van der Waals surface area contributed by atoms with Crippen LogP contribution in [0.15, 0.2) is 21.9 Å². The Labute approximate surface area is 129 Å². The fourth-order valence-corrected chi connectivity index (χ4v) is 2.06. The van der Waals surface area contributed by atoms with E-state index >= 15 is 0 Å². The van der Waals surface area contributed by atoms with Gasteiger partial charge in [-0.15, -0.1) is 0 Å². The number of hydrogen-bond acceptors (Lipinski definition) is 7. The Morgan fingerprint density at radius 3 is 3.04 bits per heavy atom. The quantitative estimate of drug-likeness (QED) is 0.495. The van der Waals surface area contributed by atoms with E-state index in [1.54, 1.807) is 0 Å². The van der Waals surface area contributed by atoms with Crippen molar-refractivity contribution in [1.29, 1.82) is 0 Å². The minimum absolute atomic E-state index is 0.150. The molecule has 1 fully saturated rings. The van der Waals surface area contributed by atoms with Crippen LogP contribution in [0.2, 0.25) is 0 Å². The molecule has 1 aromatic heterocycles. The van der Waals surface area contributed by atoms with E-state index in [0.717, 1.165) is 16.8 Å². The third-order valence-electron chi connectivity index (χ3n) is 3.23. The van der Waals surface area contributed by atoms with Crippen molar-refractivity contribution < 1.29 is 23.8 Å². The Hall–Kier alpha value is -2.24. The largest absolute Gasteiger partial charge is 0.443 e. The van der Waals surface area contributed by atoms with Crippen molar-refractivity contribution in [2.75, 3.05) is 19.7 Å². The lowest BCUT2D eigenvalue weighted by Crippen LogP contribution is -2.42. The number of rotatable bonds is 5. The van der Waals surface area contributed by atoms with Crippen LogP contribution >= 0.6 is 0 Å². The van der Waals surface area contributed by atoms with Crippen LogP contribution < -0.4 is 22.3 Å². The summed E-state index contributed by atoms with van der Waals surface area (Å²) in [6, 6.07) is 1.06. The van der Waals surface area contributed by atoms with Gasteiger partial charge in [-0.3, -0.25) is 14.3 Å². The first-order valence-corrected chi connectivity index (χ1v) is 6.82. The van der Waals surface area contributed by atoms with Crippen molar-refractivity contribution in [1.82, 2.24) is 14.9 Å². The van der Waals surface area contributed by atoms with Crippen LogP contribution in [0, 0.1) is 0 Å². The molecule has 2 heterocycles. The zero-order valence-corrected chi connectivity index (χ0v) is 12.0. The SMILES string of the molecule is NCCNC(=O)OC[C@@]1(F)O[C@@H](n2ccc(=O)[nH]c2=O)C[C@@H]1O. The molecule has 0 spiro atoms. The number of hydrogen-bond donors (Lipinski definition) is 4. The van der Waals surface area contributed by atoms with Gasteiger partial charge in [0.05, 0.1) is 0 Å². The number of alkyl carbamates (subject to hydrolysis) is 1. The molecular weight excluding hydrogens is 315 g/mol. The van der Waals surface area contributed by atoms with Gasteiger partial charge in [-0.25, -0.2) is 14.0 Å². The smallest absolute Gasteiger partial charge is 0.407 e. The molecule has 0 saturated carbocycles. The maximum atomic E-state index is 14.5. The number of nitrogens with zero attached hydrogens (tertiary/aromatic N) is 1. The third-order valence-corrected chi connectivity index (χ3v) is 3.23. The van der Waals surface area contributed by atoms with E-state index in [9.17, 15) is 23.9 Å². The van der Waals surface area contributed by atoms with Crippen molar-refractivity contribution in [3.05, 3.63) is 33.1 Å². The number of ether oxygens (including phenoxy) is 2. The number of halogens is 1. The summed E-state index contributed by atoms with van der Waals surface area (Å²) in [5, 5.41) is 12.1. The first-order chi connectivity index (χ1) is 10.9. The van der Waals surface area contributed by atoms with Crippen LogP contribution in [0.25, 0.3) is 0 Å². The van der Waals surface area contributed by atoms with Crippen LogP contribution in [0.1, 0.15) is 12.6 Å².